The van der Waals surface area contributed by atoms with Gasteiger partial charge in [0.1, 0.15) is 0 Å². The first-order chi connectivity index (χ1) is 10.1. The van der Waals surface area contributed by atoms with Gasteiger partial charge in [-0.25, -0.2) is 4.98 Å². The van der Waals surface area contributed by atoms with Gasteiger partial charge in [0.15, 0.2) is 0 Å². The summed E-state index contributed by atoms with van der Waals surface area (Å²) in [5, 5.41) is 14.8. The molecule has 2 rings (SSSR count). The van der Waals surface area contributed by atoms with Crippen molar-refractivity contribution in [2.75, 3.05) is 5.43 Å². The van der Waals surface area contributed by atoms with E-state index in [0.29, 0.717) is 5.92 Å². The first kappa shape index (κ1) is 14.6. The lowest BCUT2D eigenvalue weighted by atomic mass is 10.0. The topological polar surface area (TPSA) is 80.4 Å². The second-order valence-electron chi connectivity index (χ2n) is 4.82. The molecule has 0 bridgehead atoms. The lowest BCUT2D eigenvalue weighted by Crippen LogP contribution is -1.99. The zero-order chi connectivity index (χ0) is 15.2. The monoisotopic (exact) mass is 284 g/mol. The van der Waals surface area contributed by atoms with Gasteiger partial charge in [0.05, 0.1) is 11.1 Å². The minimum Gasteiger partial charge on any atom is -0.258 e. The van der Waals surface area contributed by atoms with Gasteiger partial charge in [-0.2, -0.15) is 5.10 Å². The van der Waals surface area contributed by atoms with Crippen LogP contribution in [0.5, 0.6) is 0 Å². The lowest BCUT2D eigenvalue weighted by Gasteiger charge is -2.04. The Morgan fingerprint density at radius 3 is 2.62 bits per heavy atom. The van der Waals surface area contributed by atoms with Crippen LogP contribution in [-0.4, -0.2) is 16.1 Å². The minimum atomic E-state index is -0.498. The molecule has 0 saturated carbocycles. The van der Waals surface area contributed by atoms with Gasteiger partial charge < -0.3 is 0 Å². The lowest BCUT2D eigenvalue weighted by molar-refractivity contribution is -0.384. The summed E-state index contributed by atoms with van der Waals surface area (Å²) in [6.45, 7) is 4.26. The summed E-state index contributed by atoms with van der Waals surface area (Å²) >= 11 is 0. The molecule has 6 nitrogen and oxygen atoms in total. The number of benzene rings is 1. The number of hydrogen-bond acceptors (Lipinski definition) is 5. The third kappa shape index (κ3) is 3.85. The number of nitrogens with zero attached hydrogens (tertiary/aromatic N) is 3. The van der Waals surface area contributed by atoms with Crippen molar-refractivity contribution in [1.82, 2.24) is 4.98 Å². The first-order valence-electron chi connectivity index (χ1n) is 6.56. The quantitative estimate of drug-likeness (QED) is 0.517. The van der Waals surface area contributed by atoms with E-state index >= 15 is 0 Å². The molecule has 2 aromatic rings. The molecule has 0 unspecified atom stereocenters. The van der Waals surface area contributed by atoms with Gasteiger partial charge in [0.2, 0.25) is 5.82 Å². The van der Waals surface area contributed by atoms with Crippen molar-refractivity contribution < 1.29 is 4.92 Å². The molecular formula is C15H16N4O2. The molecule has 6 heteroatoms. The molecule has 0 aliphatic carbocycles. The number of nitrogens with one attached hydrogen (secondary N) is 1. The normalized spacial score (nSPS) is 11.0. The molecule has 0 amide bonds. The molecule has 0 fully saturated rings. The summed E-state index contributed by atoms with van der Waals surface area (Å²) < 4.78 is 0. The number of rotatable bonds is 5. The maximum Gasteiger partial charge on any atom is 0.313 e. The van der Waals surface area contributed by atoms with Crippen LogP contribution in [0.3, 0.4) is 0 Å². The van der Waals surface area contributed by atoms with E-state index in [1.807, 2.05) is 24.3 Å². The molecule has 1 aromatic carbocycles. The van der Waals surface area contributed by atoms with Gasteiger partial charge in [0, 0.05) is 12.3 Å². The SMILES string of the molecule is CC(C)c1ccc(/C=N\Nc2ncccc2[N+](=O)[O-])cc1. The maximum absolute atomic E-state index is 10.8. The average molecular weight is 284 g/mol. The largest absolute Gasteiger partial charge is 0.313 e. The third-order valence-electron chi connectivity index (χ3n) is 2.97. The Morgan fingerprint density at radius 1 is 1.29 bits per heavy atom. The van der Waals surface area contributed by atoms with Crippen molar-refractivity contribution in [2.24, 2.45) is 5.10 Å². The van der Waals surface area contributed by atoms with Crippen LogP contribution in [0.4, 0.5) is 11.5 Å². The van der Waals surface area contributed by atoms with Crippen LogP contribution in [0.1, 0.15) is 30.9 Å². The smallest absolute Gasteiger partial charge is 0.258 e. The Bertz CT molecular complexity index is 651. The molecule has 1 heterocycles. The highest BCUT2D eigenvalue weighted by Crippen LogP contribution is 2.20. The molecule has 1 N–H and O–H groups in total. The van der Waals surface area contributed by atoms with Crippen molar-refractivity contribution in [3.8, 4) is 0 Å². The number of anilines is 1. The van der Waals surface area contributed by atoms with Gasteiger partial charge >= 0.3 is 5.69 Å². The molecule has 21 heavy (non-hydrogen) atoms. The molecule has 0 radical (unpaired) electrons. The van der Waals surface area contributed by atoms with Crippen LogP contribution in [0, 0.1) is 10.1 Å². The summed E-state index contributed by atoms with van der Waals surface area (Å²) in [5.41, 5.74) is 4.65. The Balaban J connectivity index is 2.07. The van der Waals surface area contributed by atoms with Crippen LogP contribution < -0.4 is 5.43 Å². The number of hydrazone groups is 1. The Hall–Kier alpha value is -2.76. The van der Waals surface area contributed by atoms with Crippen LogP contribution in [0.25, 0.3) is 0 Å². The van der Waals surface area contributed by atoms with E-state index in [1.165, 1.54) is 23.9 Å². The summed E-state index contributed by atoms with van der Waals surface area (Å²) in [4.78, 5) is 14.2. The van der Waals surface area contributed by atoms with E-state index in [9.17, 15) is 10.1 Å². The molecule has 0 aliphatic rings. The van der Waals surface area contributed by atoms with E-state index in [1.54, 1.807) is 6.21 Å². The third-order valence-corrected chi connectivity index (χ3v) is 2.97. The highest BCUT2D eigenvalue weighted by molar-refractivity contribution is 5.80. The predicted molar refractivity (Wildman–Crippen MR) is 82.6 cm³/mol. The zero-order valence-electron chi connectivity index (χ0n) is 11.9. The van der Waals surface area contributed by atoms with Crippen LogP contribution >= 0.6 is 0 Å². The molecule has 108 valence electrons. The molecule has 0 spiro atoms. The van der Waals surface area contributed by atoms with Crippen LogP contribution in [-0.2, 0) is 0 Å². The molecule has 0 atom stereocenters. The zero-order valence-corrected chi connectivity index (χ0v) is 11.9. The van der Waals surface area contributed by atoms with Crippen LogP contribution in [0.15, 0.2) is 47.7 Å². The predicted octanol–water partition coefficient (Wildman–Crippen LogP) is 3.56. The standard InChI is InChI=1S/C15H16N4O2/c1-11(2)13-7-5-12(6-8-13)10-17-18-15-14(19(20)21)4-3-9-16-15/h3-11H,1-2H3,(H,16,18)/b17-10-. The Morgan fingerprint density at radius 2 is 2.00 bits per heavy atom. The van der Waals surface area contributed by atoms with Crippen molar-refractivity contribution in [3.63, 3.8) is 0 Å². The summed E-state index contributed by atoms with van der Waals surface area (Å²) in [7, 11) is 0. The Kier molecular flexibility index (Phi) is 4.61. The second-order valence-corrected chi connectivity index (χ2v) is 4.82. The molecule has 1 aromatic heterocycles. The second kappa shape index (κ2) is 6.60. The molecule has 0 aliphatic heterocycles. The van der Waals surface area contributed by atoms with Crippen molar-refractivity contribution in [2.45, 2.75) is 19.8 Å². The number of pyridine rings is 1. The highest BCUT2D eigenvalue weighted by atomic mass is 16.6. The van der Waals surface area contributed by atoms with Gasteiger partial charge in [-0.1, -0.05) is 38.1 Å². The number of aromatic nitrogens is 1. The maximum atomic E-state index is 10.8. The number of hydrogen-bond donors (Lipinski definition) is 1. The minimum absolute atomic E-state index is 0.107. The molecular weight excluding hydrogens is 268 g/mol. The van der Waals surface area contributed by atoms with Crippen molar-refractivity contribution >= 4 is 17.7 Å². The van der Waals surface area contributed by atoms with Crippen molar-refractivity contribution in [1.29, 1.82) is 0 Å². The van der Waals surface area contributed by atoms with Gasteiger partial charge in [0.25, 0.3) is 0 Å². The van der Waals surface area contributed by atoms with E-state index in [4.69, 9.17) is 0 Å². The van der Waals surface area contributed by atoms with E-state index < -0.39 is 4.92 Å². The summed E-state index contributed by atoms with van der Waals surface area (Å²) in [6.07, 6.45) is 3.07. The van der Waals surface area contributed by atoms with E-state index in [-0.39, 0.29) is 11.5 Å². The van der Waals surface area contributed by atoms with Gasteiger partial charge in [-0.05, 0) is 23.1 Å². The van der Waals surface area contributed by atoms with Gasteiger partial charge in [-0.15, -0.1) is 0 Å². The Labute approximate surface area is 122 Å². The fourth-order valence-corrected chi connectivity index (χ4v) is 1.77. The van der Waals surface area contributed by atoms with Gasteiger partial charge in [-0.3, -0.25) is 15.5 Å². The first-order valence-corrected chi connectivity index (χ1v) is 6.56. The summed E-state index contributed by atoms with van der Waals surface area (Å²) in [6, 6.07) is 10.9. The summed E-state index contributed by atoms with van der Waals surface area (Å²) in [5.74, 6) is 0.600. The van der Waals surface area contributed by atoms with Crippen molar-refractivity contribution in [3.05, 3.63) is 63.8 Å². The number of nitro groups is 1. The van der Waals surface area contributed by atoms with E-state index in [0.717, 1.165) is 5.56 Å². The fourth-order valence-electron chi connectivity index (χ4n) is 1.77. The fraction of sp³-hybridized carbons (Fsp3) is 0.200. The van der Waals surface area contributed by atoms with Crippen LogP contribution in [0.2, 0.25) is 0 Å². The average Bonchev–Trinajstić information content (AvgIpc) is 2.48. The molecule has 0 saturated heterocycles. The van der Waals surface area contributed by atoms with E-state index in [2.05, 4.69) is 29.4 Å². The highest BCUT2D eigenvalue weighted by Gasteiger charge is 2.12.